The molecule has 1 aromatic heterocycles. The molecule has 1 saturated carbocycles. The number of nitrogens with one attached hydrogen (secondary N) is 1. The SMILES string of the molecule is Cc1sc2ccc(Cl)cc2c1S(=O)(=O)NC(CN)C1CC1. The first kappa shape index (κ1) is 15.2. The van der Waals surface area contributed by atoms with Crippen LogP contribution in [0.5, 0.6) is 0 Å². The van der Waals surface area contributed by atoms with Gasteiger partial charge in [0.25, 0.3) is 0 Å². The summed E-state index contributed by atoms with van der Waals surface area (Å²) in [6, 6.07) is 5.17. The molecule has 21 heavy (non-hydrogen) atoms. The number of halogens is 1. The fraction of sp³-hybridized carbons (Fsp3) is 0.429. The van der Waals surface area contributed by atoms with Crippen LogP contribution in [0.15, 0.2) is 23.1 Å². The normalized spacial score (nSPS) is 17.3. The number of sulfonamides is 1. The molecule has 0 spiro atoms. The summed E-state index contributed by atoms with van der Waals surface area (Å²) in [4.78, 5) is 1.11. The van der Waals surface area contributed by atoms with Gasteiger partial charge in [-0.2, -0.15) is 0 Å². The maximum absolute atomic E-state index is 12.7. The van der Waals surface area contributed by atoms with Crippen LogP contribution in [-0.4, -0.2) is 21.0 Å². The minimum Gasteiger partial charge on any atom is -0.329 e. The van der Waals surface area contributed by atoms with Crippen molar-refractivity contribution in [2.24, 2.45) is 11.7 Å². The molecular formula is C14H17ClN2O2S2. The quantitative estimate of drug-likeness (QED) is 0.876. The van der Waals surface area contributed by atoms with Gasteiger partial charge in [-0.1, -0.05) is 11.6 Å². The molecule has 4 nitrogen and oxygen atoms in total. The van der Waals surface area contributed by atoms with Gasteiger partial charge in [-0.05, 0) is 43.9 Å². The first-order valence-electron chi connectivity index (χ1n) is 6.83. The van der Waals surface area contributed by atoms with Gasteiger partial charge in [0.05, 0.1) is 0 Å². The van der Waals surface area contributed by atoms with Gasteiger partial charge in [-0.15, -0.1) is 11.3 Å². The molecule has 1 unspecified atom stereocenters. The van der Waals surface area contributed by atoms with Crippen molar-refractivity contribution in [2.45, 2.75) is 30.7 Å². The van der Waals surface area contributed by atoms with Gasteiger partial charge in [0.15, 0.2) is 0 Å². The van der Waals surface area contributed by atoms with Gasteiger partial charge >= 0.3 is 0 Å². The van der Waals surface area contributed by atoms with Gasteiger partial charge in [0.1, 0.15) is 4.90 Å². The zero-order valence-electron chi connectivity index (χ0n) is 11.6. The molecule has 1 aliphatic carbocycles. The van der Waals surface area contributed by atoms with Crippen molar-refractivity contribution in [1.29, 1.82) is 0 Å². The molecule has 1 aromatic carbocycles. The van der Waals surface area contributed by atoms with Crippen LogP contribution in [0.25, 0.3) is 10.1 Å². The zero-order chi connectivity index (χ0) is 15.2. The Balaban J connectivity index is 2.05. The predicted molar refractivity (Wildman–Crippen MR) is 87.5 cm³/mol. The smallest absolute Gasteiger partial charge is 0.242 e. The number of aryl methyl sites for hydroxylation is 1. The molecule has 1 fully saturated rings. The molecule has 114 valence electrons. The van der Waals surface area contributed by atoms with Crippen LogP contribution in [-0.2, 0) is 10.0 Å². The molecule has 2 aromatic rings. The monoisotopic (exact) mass is 344 g/mol. The Hall–Kier alpha value is -0.660. The van der Waals surface area contributed by atoms with Crippen molar-refractivity contribution in [3.63, 3.8) is 0 Å². The summed E-state index contributed by atoms with van der Waals surface area (Å²) in [5.41, 5.74) is 5.70. The lowest BCUT2D eigenvalue weighted by molar-refractivity contribution is 0.519. The molecule has 1 atom stereocenters. The minimum absolute atomic E-state index is 0.177. The maximum atomic E-state index is 12.7. The van der Waals surface area contributed by atoms with E-state index in [1.165, 1.54) is 11.3 Å². The summed E-state index contributed by atoms with van der Waals surface area (Å²) in [7, 11) is -3.59. The first-order valence-corrected chi connectivity index (χ1v) is 9.51. The van der Waals surface area contributed by atoms with Crippen LogP contribution in [0.1, 0.15) is 17.7 Å². The largest absolute Gasteiger partial charge is 0.329 e. The molecule has 0 radical (unpaired) electrons. The van der Waals surface area contributed by atoms with E-state index in [4.69, 9.17) is 17.3 Å². The Morgan fingerprint density at radius 1 is 1.48 bits per heavy atom. The molecule has 3 rings (SSSR count). The lowest BCUT2D eigenvalue weighted by atomic mass is 10.2. The van der Waals surface area contributed by atoms with Gasteiger partial charge in [0.2, 0.25) is 10.0 Å². The number of benzene rings is 1. The fourth-order valence-electron chi connectivity index (χ4n) is 2.60. The molecular weight excluding hydrogens is 328 g/mol. The average molecular weight is 345 g/mol. The second-order valence-electron chi connectivity index (χ2n) is 5.43. The fourth-order valence-corrected chi connectivity index (χ4v) is 5.87. The second kappa shape index (κ2) is 5.52. The highest BCUT2D eigenvalue weighted by atomic mass is 35.5. The third-order valence-electron chi connectivity index (χ3n) is 3.79. The summed E-state index contributed by atoms with van der Waals surface area (Å²) >= 11 is 7.48. The Morgan fingerprint density at radius 3 is 2.81 bits per heavy atom. The number of hydrogen-bond donors (Lipinski definition) is 2. The standard InChI is InChI=1S/C14H17ClN2O2S2/c1-8-14(11-6-10(15)4-5-13(11)20-8)21(18,19)17-12(7-16)9-2-3-9/h4-6,9,12,17H,2-3,7,16H2,1H3. The van der Waals surface area contributed by atoms with E-state index < -0.39 is 10.0 Å². The van der Waals surface area contributed by atoms with E-state index in [1.54, 1.807) is 12.1 Å². The third kappa shape index (κ3) is 2.96. The number of nitrogens with two attached hydrogens (primary N) is 1. The number of fused-ring (bicyclic) bond motifs is 1. The third-order valence-corrected chi connectivity index (χ3v) is 6.92. The van der Waals surface area contributed by atoms with Crippen LogP contribution < -0.4 is 10.5 Å². The number of hydrogen-bond acceptors (Lipinski definition) is 4. The Morgan fingerprint density at radius 2 is 2.19 bits per heavy atom. The van der Waals surface area contributed by atoms with Crippen molar-refractivity contribution in [3.05, 3.63) is 28.1 Å². The van der Waals surface area contributed by atoms with Gasteiger partial charge in [0, 0.05) is 32.6 Å². The van der Waals surface area contributed by atoms with E-state index in [9.17, 15) is 8.42 Å². The highest BCUT2D eigenvalue weighted by molar-refractivity contribution is 7.90. The van der Waals surface area contributed by atoms with E-state index in [-0.39, 0.29) is 6.04 Å². The van der Waals surface area contributed by atoms with Gasteiger partial charge in [-0.3, -0.25) is 0 Å². The van der Waals surface area contributed by atoms with E-state index in [0.717, 1.165) is 22.4 Å². The lowest BCUT2D eigenvalue weighted by Gasteiger charge is -2.16. The van der Waals surface area contributed by atoms with Crippen molar-refractivity contribution < 1.29 is 8.42 Å². The molecule has 3 N–H and O–H groups in total. The summed E-state index contributed by atoms with van der Waals surface area (Å²) < 4.78 is 29.2. The molecule has 1 aliphatic rings. The molecule has 0 saturated heterocycles. The lowest BCUT2D eigenvalue weighted by Crippen LogP contribution is -2.41. The summed E-state index contributed by atoms with van der Waals surface area (Å²) in [5.74, 6) is 0.374. The van der Waals surface area contributed by atoms with E-state index in [2.05, 4.69) is 4.72 Å². The van der Waals surface area contributed by atoms with Crippen molar-refractivity contribution in [3.8, 4) is 0 Å². The number of thiophene rings is 1. The highest BCUT2D eigenvalue weighted by Crippen LogP contribution is 2.37. The summed E-state index contributed by atoms with van der Waals surface area (Å²) in [5, 5.41) is 1.22. The van der Waals surface area contributed by atoms with Gasteiger partial charge < -0.3 is 5.73 Å². The van der Waals surface area contributed by atoms with Crippen molar-refractivity contribution in [1.82, 2.24) is 4.72 Å². The van der Waals surface area contributed by atoms with Crippen LogP contribution in [0.3, 0.4) is 0 Å². The van der Waals surface area contributed by atoms with Crippen LogP contribution in [0.4, 0.5) is 0 Å². The van der Waals surface area contributed by atoms with E-state index >= 15 is 0 Å². The Kier molecular flexibility index (Phi) is 4.00. The minimum atomic E-state index is -3.59. The first-order chi connectivity index (χ1) is 9.92. The highest BCUT2D eigenvalue weighted by Gasteiger charge is 2.34. The summed E-state index contributed by atoms with van der Waals surface area (Å²) in [6.07, 6.45) is 2.08. The predicted octanol–water partition coefficient (Wildman–Crippen LogP) is 2.88. The van der Waals surface area contributed by atoms with Gasteiger partial charge in [-0.25, -0.2) is 13.1 Å². The Bertz CT molecular complexity index is 782. The van der Waals surface area contributed by atoms with Crippen LogP contribution >= 0.6 is 22.9 Å². The molecule has 0 amide bonds. The molecule has 0 bridgehead atoms. The molecule has 7 heteroatoms. The van der Waals surface area contributed by atoms with E-state index in [0.29, 0.717) is 27.8 Å². The van der Waals surface area contributed by atoms with E-state index in [1.807, 2.05) is 13.0 Å². The Labute approximate surface area is 133 Å². The molecule has 1 heterocycles. The topological polar surface area (TPSA) is 72.2 Å². The zero-order valence-corrected chi connectivity index (χ0v) is 14.0. The number of rotatable bonds is 5. The van der Waals surface area contributed by atoms with Crippen molar-refractivity contribution in [2.75, 3.05) is 6.54 Å². The van der Waals surface area contributed by atoms with Crippen LogP contribution in [0, 0.1) is 12.8 Å². The van der Waals surface area contributed by atoms with Crippen LogP contribution in [0.2, 0.25) is 5.02 Å². The van der Waals surface area contributed by atoms with Crippen molar-refractivity contribution >= 4 is 43.0 Å². The average Bonchev–Trinajstić information content (AvgIpc) is 3.18. The maximum Gasteiger partial charge on any atom is 0.242 e. The molecule has 0 aliphatic heterocycles. The second-order valence-corrected chi connectivity index (χ2v) is 8.77. The summed E-state index contributed by atoms with van der Waals surface area (Å²) in [6.45, 7) is 2.15.